The van der Waals surface area contributed by atoms with Gasteiger partial charge in [-0.2, -0.15) is 0 Å². The molecule has 0 saturated heterocycles. The van der Waals surface area contributed by atoms with Crippen LogP contribution in [0.1, 0.15) is 45.4 Å². The third-order valence-electron chi connectivity index (χ3n) is 3.65. The molecule has 0 aromatic carbocycles. The molecule has 2 atom stereocenters. The second-order valence-corrected chi connectivity index (χ2v) is 4.93. The monoisotopic (exact) mass is 221 g/mol. The van der Waals surface area contributed by atoms with Gasteiger partial charge in [0.1, 0.15) is 5.82 Å². The third-order valence-corrected chi connectivity index (χ3v) is 3.65. The van der Waals surface area contributed by atoms with E-state index in [1.807, 2.05) is 6.20 Å². The van der Waals surface area contributed by atoms with Crippen molar-refractivity contribution in [3.8, 4) is 0 Å². The van der Waals surface area contributed by atoms with Gasteiger partial charge in [-0.25, -0.2) is 4.98 Å². The summed E-state index contributed by atoms with van der Waals surface area (Å²) in [5.74, 6) is 2.01. The maximum Gasteiger partial charge on any atom is 0.122 e. The van der Waals surface area contributed by atoms with Gasteiger partial charge >= 0.3 is 0 Å². The molecule has 3 nitrogen and oxygen atoms in total. The molecule has 1 aliphatic rings. The SMILES string of the molecule is CCCn1ccnc1CNC1CCCC1C. The molecule has 0 bridgehead atoms. The van der Waals surface area contributed by atoms with Gasteiger partial charge in [0.2, 0.25) is 0 Å². The minimum Gasteiger partial charge on any atom is -0.334 e. The molecular weight excluding hydrogens is 198 g/mol. The molecule has 1 saturated carbocycles. The van der Waals surface area contributed by atoms with Crippen LogP contribution >= 0.6 is 0 Å². The van der Waals surface area contributed by atoms with Gasteiger partial charge in [-0.3, -0.25) is 0 Å². The third kappa shape index (κ3) is 2.64. The molecular formula is C13H23N3. The van der Waals surface area contributed by atoms with Crippen molar-refractivity contribution in [2.75, 3.05) is 0 Å². The van der Waals surface area contributed by atoms with E-state index in [0.29, 0.717) is 6.04 Å². The summed E-state index contributed by atoms with van der Waals surface area (Å²) in [5, 5.41) is 3.65. The summed E-state index contributed by atoms with van der Waals surface area (Å²) in [7, 11) is 0. The lowest BCUT2D eigenvalue weighted by atomic mass is 10.1. The Morgan fingerprint density at radius 1 is 1.50 bits per heavy atom. The van der Waals surface area contributed by atoms with E-state index in [9.17, 15) is 0 Å². The van der Waals surface area contributed by atoms with Crippen LogP contribution in [0.2, 0.25) is 0 Å². The Kier molecular flexibility index (Phi) is 3.99. The van der Waals surface area contributed by atoms with Gasteiger partial charge in [-0.1, -0.05) is 20.3 Å². The van der Waals surface area contributed by atoms with E-state index in [1.54, 1.807) is 0 Å². The fourth-order valence-electron chi connectivity index (χ4n) is 2.62. The second-order valence-electron chi connectivity index (χ2n) is 4.93. The Labute approximate surface area is 98.3 Å². The van der Waals surface area contributed by atoms with Crippen molar-refractivity contribution in [2.24, 2.45) is 5.92 Å². The standard InChI is InChI=1S/C13H23N3/c1-3-8-16-9-7-14-13(16)10-15-12-6-4-5-11(12)2/h7,9,11-12,15H,3-6,8,10H2,1-2H3. The van der Waals surface area contributed by atoms with E-state index in [-0.39, 0.29) is 0 Å². The Morgan fingerprint density at radius 2 is 2.38 bits per heavy atom. The summed E-state index contributed by atoms with van der Waals surface area (Å²) in [5.41, 5.74) is 0. The summed E-state index contributed by atoms with van der Waals surface area (Å²) in [6, 6.07) is 0.701. The number of aromatic nitrogens is 2. The van der Waals surface area contributed by atoms with E-state index in [1.165, 1.54) is 31.5 Å². The summed E-state index contributed by atoms with van der Waals surface area (Å²) in [6.45, 7) is 6.55. The van der Waals surface area contributed by atoms with Crippen molar-refractivity contribution >= 4 is 0 Å². The maximum atomic E-state index is 4.42. The molecule has 0 spiro atoms. The molecule has 2 rings (SSSR count). The van der Waals surface area contributed by atoms with Crippen molar-refractivity contribution < 1.29 is 0 Å². The van der Waals surface area contributed by atoms with Crippen molar-refractivity contribution in [1.82, 2.24) is 14.9 Å². The lowest BCUT2D eigenvalue weighted by molar-refractivity contribution is 0.415. The number of nitrogens with zero attached hydrogens (tertiary/aromatic N) is 2. The Hall–Kier alpha value is -0.830. The summed E-state index contributed by atoms with van der Waals surface area (Å²) < 4.78 is 2.26. The normalized spacial score (nSPS) is 25.1. The number of nitrogens with one attached hydrogen (secondary N) is 1. The highest BCUT2D eigenvalue weighted by atomic mass is 15.1. The molecule has 0 amide bonds. The van der Waals surface area contributed by atoms with Crippen molar-refractivity contribution in [1.29, 1.82) is 0 Å². The number of hydrogen-bond acceptors (Lipinski definition) is 2. The summed E-state index contributed by atoms with van der Waals surface area (Å²) in [6.07, 6.45) is 9.24. The molecule has 16 heavy (non-hydrogen) atoms. The van der Waals surface area contributed by atoms with Gasteiger partial charge in [0.25, 0.3) is 0 Å². The number of aryl methyl sites for hydroxylation is 1. The zero-order valence-electron chi connectivity index (χ0n) is 10.4. The molecule has 3 heteroatoms. The predicted molar refractivity (Wildman–Crippen MR) is 66.2 cm³/mol. The minimum atomic E-state index is 0.701. The van der Waals surface area contributed by atoms with E-state index in [0.717, 1.165) is 19.0 Å². The molecule has 1 N–H and O–H groups in total. The van der Waals surface area contributed by atoms with Gasteiger partial charge < -0.3 is 9.88 Å². The summed E-state index contributed by atoms with van der Waals surface area (Å²) in [4.78, 5) is 4.42. The van der Waals surface area contributed by atoms with Crippen LogP contribution in [-0.2, 0) is 13.1 Å². The van der Waals surface area contributed by atoms with Crippen LogP contribution in [0.5, 0.6) is 0 Å². The van der Waals surface area contributed by atoms with E-state index in [2.05, 4.69) is 34.9 Å². The molecule has 0 aliphatic heterocycles. The van der Waals surface area contributed by atoms with Crippen LogP contribution in [-0.4, -0.2) is 15.6 Å². The molecule has 1 heterocycles. The first-order valence-corrected chi connectivity index (χ1v) is 6.54. The van der Waals surface area contributed by atoms with Crippen LogP contribution in [0.25, 0.3) is 0 Å². The van der Waals surface area contributed by atoms with Crippen molar-refractivity contribution in [3.63, 3.8) is 0 Å². The first-order chi connectivity index (χ1) is 7.81. The van der Waals surface area contributed by atoms with Gasteiger partial charge in [0.15, 0.2) is 0 Å². The lowest BCUT2D eigenvalue weighted by Crippen LogP contribution is -2.31. The Balaban J connectivity index is 1.86. The topological polar surface area (TPSA) is 29.9 Å². The van der Waals surface area contributed by atoms with E-state index >= 15 is 0 Å². The highest BCUT2D eigenvalue weighted by molar-refractivity contribution is 4.93. The smallest absolute Gasteiger partial charge is 0.122 e. The zero-order chi connectivity index (χ0) is 11.4. The van der Waals surface area contributed by atoms with Crippen molar-refractivity contribution in [3.05, 3.63) is 18.2 Å². The van der Waals surface area contributed by atoms with Gasteiger partial charge in [0.05, 0.1) is 6.54 Å². The molecule has 1 fully saturated rings. The Bertz CT molecular complexity index is 319. The first-order valence-electron chi connectivity index (χ1n) is 6.54. The van der Waals surface area contributed by atoms with Crippen LogP contribution in [0.15, 0.2) is 12.4 Å². The van der Waals surface area contributed by atoms with Gasteiger partial charge in [-0.05, 0) is 25.2 Å². The van der Waals surface area contributed by atoms with Gasteiger partial charge in [-0.15, -0.1) is 0 Å². The molecule has 1 aliphatic carbocycles. The van der Waals surface area contributed by atoms with E-state index < -0.39 is 0 Å². The van der Waals surface area contributed by atoms with Gasteiger partial charge in [0, 0.05) is 25.0 Å². The molecule has 0 radical (unpaired) electrons. The fourth-order valence-corrected chi connectivity index (χ4v) is 2.62. The predicted octanol–water partition coefficient (Wildman–Crippen LogP) is 2.57. The van der Waals surface area contributed by atoms with Crippen molar-refractivity contribution in [2.45, 2.75) is 58.7 Å². The fraction of sp³-hybridized carbons (Fsp3) is 0.769. The number of imidazole rings is 1. The quantitative estimate of drug-likeness (QED) is 0.828. The molecule has 2 unspecified atom stereocenters. The molecule has 1 aromatic heterocycles. The first kappa shape index (κ1) is 11.6. The molecule has 90 valence electrons. The average Bonchev–Trinajstić information content (AvgIpc) is 2.86. The van der Waals surface area contributed by atoms with Crippen LogP contribution in [0.4, 0.5) is 0 Å². The van der Waals surface area contributed by atoms with Crippen LogP contribution in [0, 0.1) is 5.92 Å². The Morgan fingerprint density at radius 3 is 3.06 bits per heavy atom. The van der Waals surface area contributed by atoms with Crippen LogP contribution < -0.4 is 5.32 Å². The van der Waals surface area contributed by atoms with Crippen LogP contribution in [0.3, 0.4) is 0 Å². The maximum absolute atomic E-state index is 4.42. The largest absolute Gasteiger partial charge is 0.334 e. The molecule has 1 aromatic rings. The van der Waals surface area contributed by atoms with E-state index in [4.69, 9.17) is 0 Å². The highest BCUT2D eigenvalue weighted by Crippen LogP contribution is 2.24. The second kappa shape index (κ2) is 5.48. The highest BCUT2D eigenvalue weighted by Gasteiger charge is 2.22. The zero-order valence-corrected chi connectivity index (χ0v) is 10.4. The number of rotatable bonds is 5. The minimum absolute atomic E-state index is 0.701. The lowest BCUT2D eigenvalue weighted by Gasteiger charge is -2.17. The average molecular weight is 221 g/mol. The summed E-state index contributed by atoms with van der Waals surface area (Å²) >= 11 is 0. The number of hydrogen-bond donors (Lipinski definition) is 1.